The highest BCUT2D eigenvalue weighted by molar-refractivity contribution is 5.91. The molecular weight excluding hydrogens is 388 g/mol. The highest BCUT2D eigenvalue weighted by Gasteiger charge is 2.26. The van der Waals surface area contributed by atoms with E-state index in [1.54, 1.807) is 53.2 Å². The fraction of sp³-hybridized carbons (Fsp3) is 0.333. The maximum atomic E-state index is 12.7. The van der Waals surface area contributed by atoms with Crippen molar-refractivity contribution in [3.63, 3.8) is 0 Å². The lowest BCUT2D eigenvalue weighted by atomic mass is 10.2. The molecule has 3 heterocycles. The lowest BCUT2D eigenvalue weighted by molar-refractivity contribution is -0.132. The summed E-state index contributed by atoms with van der Waals surface area (Å²) in [6.45, 7) is 1.79. The van der Waals surface area contributed by atoms with Crippen molar-refractivity contribution in [3.05, 3.63) is 69.1 Å². The molecule has 3 aromatic rings. The molecule has 0 unspecified atom stereocenters. The Kier molecular flexibility index (Phi) is 5.26. The molecule has 0 N–H and O–H groups in total. The zero-order chi connectivity index (χ0) is 21.3. The zero-order valence-electron chi connectivity index (χ0n) is 16.6. The maximum Gasteiger partial charge on any atom is 0.316 e. The highest BCUT2D eigenvalue weighted by Crippen LogP contribution is 2.12. The molecule has 9 nitrogen and oxygen atoms in total. The van der Waals surface area contributed by atoms with E-state index < -0.39 is 11.1 Å². The van der Waals surface area contributed by atoms with Crippen molar-refractivity contribution in [1.29, 1.82) is 0 Å². The molecule has 2 aromatic heterocycles. The number of hydrogen-bond donors (Lipinski definition) is 0. The number of aromatic nitrogens is 2. The molecule has 0 bridgehead atoms. The number of nitrogens with zero attached hydrogens (tertiary/aromatic N) is 4. The fourth-order valence-corrected chi connectivity index (χ4v) is 3.76. The number of carbonyl (C=O) groups is 2. The van der Waals surface area contributed by atoms with Gasteiger partial charge in [-0.1, -0.05) is 12.1 Å². The van der Waals surface area contributed by atoms with E-state index in [1.165, 1.54) is 15.4 Å². The Morgan fingerprint density at radius 1 is 0.900 bits per heavy atom. The zero-order valence-corrected chi connectivity index (χ0v) is 16.6. The maximum absolute atomic E-state index is 12.7. The minimum absolute atomic E-state index is 0.100. The molecule has 0 spiro atoms. The van der Waals surface area contributed by atoms with E-state index in [0.29, 0.717) is 37.2 Å². The normalized spacial score (nSPS) is 14.3. The van der Waals surface area contributed by atoms with Crippen LogP contribution in [0.4, 0.5) is 0 Å². The number of amides is 2. The Morgan fingerprint density at radius 2 is 1.57 bits per heavy atom. The number of piperazine rings is 1. The molecule has 1 fully saturated rings. The van der Waals surface area contributed by atoms with Gasteiger partial charge in [-0.3, -0.25) is 19.2 Å². The van der Waals surface area contributed by atoms with Crippen LogP contribution in [0.15, 0.2) is 56.7 Å². The van der Waals surface area contributed by atoms with E-state index in [0.717, 1.165) is 0 Å². The number of para-hydroxylation sites is 2. The first-order valence-electron chi connectivity index (χ1n) is 9.76. The number of hydrogen-bond acceptors (Lipinski definition) is 5. The van der Waals surface area contributed by atoms with Crippen LogP contribution in [-0.4, -0.2) is 56.9 Å². The van der Waals surface area contributed by atoms with Crippen molar-refractivity contribution in [2.75, 3.05) is 26.2 Å². The van der Waals surface area contributed by atoms with Crippen molar-refractivity contribution in [2.24, 2.45) is 7.05 Å². The molecule has 1 aromatic carbocycles. The van der Waals surface area contributed by atoms with Gasteiger partial charge in [0.1, 0.15) is 0 Å². The third-order valence-electron chi connectivity index (χ3n) is 5.47. The average molecular weight is 410 g/mol. The lowest BCUT2D eigenvalue weighted by Gasteiger charge is -2.34. The first-order chi connectivity index (χ1) is 14.5. The van der Waals surface area contributed by atoms with Gasteiger partial charge in [0.15, 0.2) is 5.76 Å². The van der Waals surface area contributed by atoms with Gasteiger partial charge in [0.25, 0.3) is 5.91 Å². The molecule has 1 aliphatic heterocycles. The number of carbonyl (C=O) groups excluding carboxylic acids is 2. The van der Waals surface area contributed by atoms with Gasteiger partial charge in [-0.2, -0.15) is 0 Å². The van der Waals surface area contributed by atoms with Crippen LogP contribution in [0.25, 0.3) is 11.0 Å². The van der Waals surface area contributed by atoms with Crippen LogP contribution in [0.3, 0.4) is 0 Å². The SMILES string of the molecule is Cn1c(=O)c(=O)n(CCC(=O)N2CCN(C(=O)c3ccco3)CC2)c2ccccc21. The quantitative estimate of drug-likeness (QED) is 0.589. The van der Waals surface area contributed by atoms with E-state index in [4.69, 9.17) is 4.42 Å². The Morgan fingerprint density at radius 3 is 2.23 bits per heavy atom. The second-order valence-corrected chi connectivity index (χ2v) is 7.21. The van der Waals surface area contributed by atoms with E-state index >= 15 is 0 Å². The molecule has 9 heteroatoms. The van der Waals surface area contributed by atoms with E-state index in [9.17, 15) is 19.2 Å². The van der Waals surface area contributed by atoms with Crippen LogP contribution >= 0.6 is 0 Å². The predicted octanol–water partition coefficient (Wildman–Crippen LogP) is 0.668. The standard InChI is InChI=1S/C21H22N4O5/c1-22-15-5-2-3-6-16(15)25(21(29)20(22)28)9-8-18(26)23-10-12-24(13-11-23)19(27)17-7-4-14-30-17/h2-7,14H,8-13H2,1H3. The van der Waals surface area contributed by atoms with Gasteiger partial charge in [0, 0.05) is 46.2 Å². The van der Waals surface area contributed by atoms with Crippen LogP contribution in [0.2, 0.25) is 0 Å². The van der Waals surface area contributed by atoms with Crippen molar-refractivity contribution >= 4 is 22.8 Å². The second-order valence-electron chi connectivity index (χ2n) is 7.21. The minimum atomic E-state index is -0.641. The first-order valence-corrected chi connectivity index (χ1v) is 9.76. The predicted molar refractivity (Wildman–Crippen MR) is 109 cm³/mol. The van der Waals surface area contributed by atoms with Gasteiger partial charge in [0.05, 0.1) is 17.3 Å². The molecule has 0 saturated carbocycles. The minimum Gasteiger partial charge on any atom is -0.459 e. The van der Waals surface area contributed by atoms with E-state index in [2.05, 4.69) is 0 Å². The average Bonchev–Trinajstić information content (AvgIpc) is 3.32. The molecule has 156 valence electrons. The topological polar surface area (TPSA) is 97.8 Å². The van der Waals surface area contributed by atoms with Crippen molar-refractivity contribution in [2.45, 2.75) is 13.0 Å². The summed E-state index contributed by atoms with van der Waals surface area (Å²) >= 11 is 0. The molecule has 0 radical (unpaired) electrons. The van der Waals surface area contributed by atoms with Gasteiger partial charge in [-0.25, -0.2) is 0 Å². The summed E-state index contributed by atoms with van der Waals surface area (Å²) in [5.74, 6) is -0.0197. The summed E-state index contributed by atoms with van der Waals surface area (Å²) in [4.78, 5) is 53.1. The molecule has 1 saturated heterocycles. The summed E-state index contributed by atoms with van der Waals surface area (Å²) in [7, 11) is 1.56. The van der Waals surface area contributed by atoms with Crippen LogP contribution in [0.1, 0.15) is 17.0 Å². The summed E-state index contributed by atoms with van der Waals surface area (Å²) in [5, 5.41) is 0. The van der Waals surface area contributed by atoms with Crippen LogP contribution in [-0.2, 0) is 18.4 Å². The van der Waals surface area contributed by atoms with Gasteiger partial charge < -0.3 is 23.4 Å². The number of fused-ring (bicyclic) bond motifs is 1. The first kappa shape index (κ1) is 19.7. The largest absolute Gasteiger partial charge is 0.459 e. The number of aryl methyl sites for hydroxylation is 2. The Bertz CT molecular complexity index is 1200. The monoisotopic (exact) mass is 410 g/mol. The molecule has 1 aliphatic rings. The van der Waals surface area contributed by atoms with Crippen molar-refractivity contribution < 1.29 is 14.0 Å². The van der Waals surface area contributed by atoms with E-state index in [1.807, 2.05) is 0 Å². The highest BCUT2D eigenvalue weighted by atomic mass is 16.3. The van der Waals surface area contributed by atoms with Crippen molar-refractivity contribution in [3.8, 4) is 0 Å². The van der Waals surface area contributed by atoms with Gasteiger partial charge in [-0.05, 0) is 24.3 Å². The van der Waals surface area contributed by atoms with Gasteiger partial charge in [-0.15, -0.1) is 0 Å². The van der Waals surface area contributed by atoms with Gasteiger partial charge in [0.2, 0.25) is 5.91 Å². The number of rotatable bonds is 4. The smallest absolute Gasteiger partial charge is 0.316 e. The molecule has 2 amide bonds. The summed E-state index contributed by atoms with van der Waals surface area (Å²) in [6.07, 6.45) is 1.55. The number of benzene rings is 1. The van der Waals surface area contributed by atoms with Crippen LogP contribution < -0.4 is 11.1 Å². The lowest BCUT2D eigenvalue weighted by Crippen LogP contribution is -2.50. The summed E-state index contributed by atoms with van der Waals surface area (Å²) in [6, 6.07) is 10.4. The van der Waals surface area contributed by atoms with Crippen molar-refractivity contribution in [1.82, 2.24) is 18.9 Å². The molecule has 30 heavy (non-hydrogen) atoms. The Balaban J connectivity index is 1.42. The summed E-state index contributed by atoms with van der Waals surface area (Å²) in [5.41, 5.74) is -0.00469. The molecule has 0 atom stereocenters. The molecular formula is C21H22N4O5. The van der Waals surface area contributed by atoms with Crippen LogP contribution in [0.5, 0.6) is 0 Å². The third-order valence-corrected chi connectivity index (χ3v) is 5.47. The Hall–Kier alpha value is -3.62. The molecule has 4 rings (SSSR count). The fourth-order valence-electron chi connectivity index (χ4n) is 3.76. The van der Waals surface area contributed by atoms with Gasteiger partial charge >= 0.3 is 11.1 Å². The third kappa shape index (κ3) is 3.54. The molecule has 0 aliphatic carbocycles. The Labute approximate surface area is 171 Å². The number of furan rings is 1. The van der Waals surface area contributed by atoms with E-state index in [-0.39, 0.29) is 30.5 Å². The van der Waals surface area contributed by atoms with Crippen LogP contribution in [0, 0.1) is 0 Å². The second kappa shape index (κ2) is 8.02. The summed E-state index contributed by atoms with van der Waals surface area (Å²) < 4.78 is 7.84.